The lowest BCUT2D eigenvalue weighted by molar-refractivity contribution is -0.147. The minimum atomic E-state index is -3.70. The molecule has 2 aromatic rings. The average molecular weight is 416 g/mol. The van der Waals surface area contributed by atoms with Crippen LogP contribution in [0.25, 0.3) is 0 Å². The van der Waals surface area contributed by atoms with Crippen molar-refractivity contribution in [2.24, 2.45) is 4.99 Å². The largest absolute Gasteiger partial charge is 0.497 e. The van der Waals surface area contributed by atoms with E-state index < -0.39 is 28.1 Å². The molecular formula is C20H20N2O6S. The van der Waals surface area contributed by atoms with Crippen LogP contribution in [0.4, 0.5) is 0 Å². The van der Waals surface area contributed by atoms with Gasteiger partial charge in [-0.25, -0.2) is 13.2 Å². The molecule has 0 saturated heterocycles. The monoisotopic (exact) mass is 416 g/mol. The Kier molecular flexibility index (Phi) is 5.69. The van der Waals surface area contributed by atoms with Gasteiger partial charge >= 0.3 is 5.97 Å². The zero-order valence-corrected chi connectivity index (χ0v) is 16.9. The molecule has 2 aromatic carbocycles. The van der Waals surface area contributed by atoms with Crippen LogP contribution in [0.3, 0.4) is 0 Å². The summed E-state index contributed by atoms with van der Waals surface area (Å²) in [6.45, 7) is 2.94. The van der Waals surface area contributed by atoms with Crippen molar-refractivity contribution >= 4 is 27.6 Å². The number of ether oxygens (including phenoxy) is 2. The number of carbonyl (C=O) groups excluding carboxylic acids is 2. The molecule has 0 radical (unpaired) electrons. The number of nitrogens with one attached hydrogen (secondary N) is 1. The first kappa shape index (κ1) is 20.5. The van der Waals surface area contributed by atoms with Crippen LogP contribution in [0, 0.1) is 0 Å². The fourth-order valence-electron chi connectivity index (χ4n) is 2.79. The highest BCUT2D eigenvalue weighted by molar-refractivity contribution is 7.90. The van der Waals surface area contributed by atoms with Gasteiger partial charge in [0.1, 0.15) is 17.6 Å². The van der Waals surface area contributed by atoms with Crippen molar-refractivity contribution in [1.29, 1.82) is 0 Å². The molecule has 0 amide bonds. The van der Waals surface area contributed by atoms with Crippen LogP contribution in [0.2, 0.25) is 0 Å². The van der Waals surface area contributed by atoms with Crippen molar-refractivity contribution in [3.63, 3.8) is 0 Å². The number of fused-ring (bicyclic) bond motifs is 1. The van der Waals surface area contributed by atoms with E-state index in [2.05, 4.69) is 9.71 Å². The molecule has 9 heteroatoms. The minimum absolute atomic E-state index is 0.0687. The maximum Gasteiger partial charge on any atom is 0.331 e. The molecule has 3 rings (SSSR count). The zero-order valence-electron chi connectivity index (χ0n) is 16.1. The first-order chi connectivity index (χ1) is 13.7. The molecule has 2 atom stereocenters. The van der Waals surface area contributed by atoms with E-state index in [-0.39, 0.29) is 16.5 Å². The Balaban J connectivity index is 1.70. The molecule has 29 heavy (non-hydrogen) atoms. The predicted octanol–water partition coefficient (Wildman–Crippen LogP) is 1.94. The third-order valence-corrected chi connectivity index (χ3v) is 5.76. The number of amidine groups is 1. The zero-order chi connectivity index (χ0) is 21.2. The molecule has 0 spiro atoms. The lowest BCUT2D eigenvalue weighted by atomic mass is 10.1. The topological polar surface area (TPSA) is 111 Å². The SMILES string of the molecule is COc1ccc(C(=O)[C@H](C)OC(=O)[C@H](C)N=C2NS(=O)(=O)c3ccccc32)cc1. The van der Waals surface area contributed by atoms with Gasteiger partial charge in [-0.2, -0.15) is 0 Å². The van der Waals surface area contributed by atoms with E-state index in [1.165, 1.54) is 27.0 Å². The van der Waals surface area contributed by atoms with Gasteiger partial charge in [-0.05, 0) is 50.2 Å². The number of hydrogen-bond acceptors (Lipinski definition) is 7. The molecule has 0 aromatic heterocycles. The Labute approximate surface area is 168 Å². The van der Waals surface area contributed by atoms with Gasteiger partial charge in [0.05, 0.1) is 12.0 Å². The number of esters is 1. The summed E-state index contributed by atoms with van der Waals surface area (Å²) in [5.74, 6) is -0.433. The standard InChI is InChI=1S/C20H20N2O6S/c1-12(21-19-16-6-4-5-7-17(16)29(25,26)22-19)20(24)28-13(2)18(23)14-8-10-15(27-3)11-9-14/h4-13H,1-3H3,(H,21,22)/t12-,13-/m0/s1. The van der Waals surface area contributed by atoms with Crippen LogP contribution in [0.1, 0.15) is 29.8 Å². The van der Waals surface area contributed by atoms with Gasteiger partial charge in [-0.1, -0.05) is 12.1 Å². The van der Waals surface area contributed by atoms with Crippen LogP contribution >= 0.6 is 0 Å². The molecule has 152 valence electrons. The van der Waals surface area contributed by atoms with E-state index in [0.717, 1.165) is 0 Å². The first-order valence-corrected chi connectivity index (χ1v) is 10.3. The van der Waals surface area contributed by atoms with Crippen molar-refractivity contribution in [3.8, 4) is 5.75 Å². The second kappa shape index (κ2) is 8.04. The Bertz CT molecular complexity index is 1080. The minimum Gasteiger partial charge on any atom is -0.497 e. The maximum atomic E-state index is 12.5. The Morgan fingerprint density at radius 3 is 2.34 bits per heavy atom. The smallest absolute Gasteiger partial charge is 0.331 e. The van der Waals surface area contributed by atoms with Gasteiger partial charge in [-0.15, -0.1) is 0 Å². The van der Waals surface area contributed by atoms with E-state index in [4.69, 9.17) is 9.47 Å². The number of carbonyl (C=O) groups is 2. The third kappa shape index (κ3) is 4.29. The van der Waals surface area contributed by atoms with E-state index in [1.54, 1.807) is 42.5 Å². The lowest BCUT2D eigenvalue weighted by Crippen LogP contribution is -2.31. The summed E-state index contributed by atoms with van der Waals surface area (Å²) >= 11 is 0. The lowest BCUT2D eigenvalue weighted by Gasteiger charge is -2.15. The summed E-state index contributed by atoms with van der Waals surface area (Å²) < 4.78 is 36.9. The molecule has 0 fully saturated rings. The summed E-state index contributed by atoms with van der Waals surface area (Å²) in [7, 11) is -2.18. The molecule has 1 heterocycles. The normalized spacial score (nSPS) is 17.7. The summed E-state index contributed by atoms with van der Waals surface area (Å²) in [5.41, 5.74) is 0.761. The van der Waals surface area contributed by atoms with Crippen molar-refractivity contribution < 1.29 is 27.5 Å². The number of benzene rings is 2. The molecule has 0 saturated carbocycles. The number of rotatable bonds is 6. The average Bonchev–Trinajstić information content (AvgIpc) is 2.97. The highest BCUT2D eigenvalue weighted by Crippen LogP contribution is 2.22. The van der Waals surface area contributed by atoms with Gasteiger partial charge < -0.3 is 9.47 Å². The van der Waals surface area contributed by atoms with E-state index in [9.17, 15) is 18.0 Å². The van der Waals surface area contributed by atoms with Crippen LogP contribution < -0.4 is 9.46 Å². The molecule has 8 nitrogen and oxygen atoms in total. The molecule has 1 aliphatic rings. The third-order valence-electron chi connectivity index (χ3n) is 4.36. The molecule has 0 bridgehead atoms. The van der Waals surface area contributed by atoms with Crippen LogP contribution in [-0.4, -0.2) is 45.3 Å². The molecule has 0 unspecified atom stereocenters. The number of hydrogen-bond donors (Lipinski definition) is 1. The summed E-state index contributed by atoms with van der Waals surface area (Å²) in [6, 6.07) is 11.8. The van der Waals surface area contributed by atoms with Gasteiger partial charge in [0.25, 0.3) is 10.0 Å². The van der Waals surface area contributed by atoms with Crippen molar-refractivity contribution in [2.45, 2.75) is 30.9 Å². The number of methoxy groups -OCH3 is 1. The first-order valence-electron chi connectivity index (χ1n) is 8.81. The number of Topliss-reactive ketones (excluding diaryl/α,β-unsaturated/α-hetero) is 1. The highest BCUT2D eigenvalue weighted by Gasteiger charge is 2.31. The predicted molar refractivity (Wildman–Crippen MR) is 106 cm³/mol. The maximum absolute atomic E-state index is 12.5. The van der Waals surface area contributed by atoms with Crippen LogP contribution in [0.5, 0.6) is 5.75 Å². The van der Waals surface area contributed by atoms with Gasteiger partial charge in [0.15, 0.2) is 6.10 Å². The Morgan fingerprint density at radius 2 is 1.69 bits per heavy atom. The van der Waals surface area contributed by atoms with Gasteiger partial charge in [0, 0.05) is 11.1 Å². The molecular weight excluding hydrogens is 396 g/mol. The summed E-state index contributed by atoms with van der Waals surface area (Å²) in [4.78, 5) is 29.1. The molecule has 1 N–H and O–H groups in total. The molecule has 1 aliphatic heterocycles. The van der Waals surface area contributed by atoms with E-state index in [1.807, 2.05) is 0 Å². The van der Waals surface area contributed by atoms with Crippen LogP contribution in [0.15, 0.2) is 58.4 Å². The fourth-order valence-corrected chi connectivity index (χ4v) is 4.03. The number of sulfonamides is 1. The number of aliphatic imine (C=N–C) groups is 1. The molecule has 0 aliphatic carbocycles. The van der Waals surface area contributed by atoms with E-state index >= 15 is 0 Å². The second-order valence-corrected chi connectivity index (χ2v) is 8.08. The van der Waals surface area contributed by atoms with Crippen molar-refractivity contribution in [2.75, 3.05) is 7.11 Å². The van der Waals surface area contributed by atoms with Crippen molar-refractivity contribution in [3.05, 3.63) is 59.7 Å². The Morgan fingerprint density at radius 1 is 1.03 bits per heavy atom. The van der Waals surface area contributed by atoms with Gasteiger partial charge in [-0.3, -0.25) is 14.5 Å². The summed E-state index contributed by atoms with van der Waals surface area (Å²) in [6.07, 6.45) is -1.02. The fraction of sp³-hybridized carbons (Fsp3) is 0.250. The number of nitrogens with zero attached hydrogens (tertiary/aromatic N) is 1. The van der Waals surface area contributed by atoms with Gasteiger partial charge in [0.2, 0.25) is 5.78 Å². The van der Waals surface area contributed by atoms with E-state index in [0.29, 0.717) is 16.9 Å². The second-order valence-electron chi connectivity index (χ2n) is 6.43. The summed E-state index contributed by atoms with van der Waals surface area (Å²) in [5, 5.41) is 0. The Hall–Kier alpha value is -3.20. The highest BCUT2D eigenvalue weighted by atomic mass is 32.2. The van der Waals surface area contributed by atoms with Crippen LogP contribution in [-0.2, 0) is 19.6 Å². The quantitative estimate of drug-likeness (QED) is 0.569. The number of ketones is 1. The van der Waals surface area contributed by atoms with Crippen molar-refractivity contribution in [1.82, 2.24) is 4.72 Å².